The Morgan fingerprint density at radius 3 is 2.68 bits per heavy atom. The van der Waals surface area contributed by atoms with Gasteiger partial charge < -0.3 is 24.1 Å². The van der Waals surface area contributed by atoms with E-state index in [2.05, 4.69) is 30.4 Å². The summed E-state index contributed by atoms with van der Waals surface area (Å²) in [5.74, 6) is 0.906. The van der Waals surface area contributed by atoms with Crippen molar-refractivity contribution in [1.29, 1.82) is 0 Å². The van der Waals surface area contributed by atoms with Crippen LogP contribution in [-0.4, -0.2) is 53.7 Å². The van der Waals surface area contributed by atoms with Gasteiger partial charge in [0.25, 0.3) is 5.89 Å². The van der Waals surface area contributed by atoms with Gasteiger partial charge in [-0.05, 0) is 33.6 Å². The Bertz CT molecular complexity index is 1110. The zero-order valence-corrected chi connectivity index (χ0v) is 17.7. The number of fused-ring (bicyclic) bond motifs is 2. The van der Waals surface area contributed by atoms with Crippen molar-refractivity contribution in [2.24, 2.45) is 0 Å². The van der Waals surface area contributed by atoms with Crippen LogP contribution < -0.4 is 5.32 Å². The monoisotopic (exact) mass is 427 g/mol. The third-order valence-corrected chi connectivity index (χ3v) is 6.14. The summed E-state index contributed by atoms with van der Waals surface area (Å²) in [5.41, 5.74) is 1.39. The molecule has 0 spiro atoms. The van der Waals surface area contributed by atoms with Gasteiger partial charge in [0.15, 0.2) is 40.9 Å². The summed E-state index contributed by atoms with van der Waals surface area (Å²) in [7, 11) is 0. The first kappa shape index (κ1) is 19.1. The molecule has 0 bridgehead atoms. The molecular weight excluding hydrogens is 402 g/mol. The molecule has 5 heterocycles. The molecule has 0 radical (unpaired) electrons. The van der Waals surface area contributed by atoms with Crippen molar-refractivity contribution >= 4 is 17.0 Å². The Hall–Kier alpha value is -2.63. The number of hydrogen-bond donors (Lipinski definition) is 1. The van der Waals surface area contributed by atoms with Gasteiger partial charge in [-0.2, -0.15) is 4.98 Å². The fourth-order valence-corrected chi connectivity index (χ4v) is 4.84. The van der Waals surface area contributed by atoms with Crippen LogP contribution in [0, 0.1) is 6.92 Å². The normalized spacial score (nSPS) is 30.3. The summed E-state index contributed by atoms with van der Waals surface area (Å²) >= 11 is 0. The van der Waals surface area contributed by atoms with Gasteiger partial charge in [-0.3, -0.25) is 4.57 Å². The SMILES string of the molecule is Cc1noc([C@H]2O[C@@H](n3cnc4c(NC5CCCC5)ncnc43)[C@H]3OC(C)(C)O[C@H]32)n1. The molecule has 2 saturated heterocycles. The molecule has 11 nitrogen and oxygen atoms in total. The van der Waals surface area contributed by atoms with Crippen molar-refractivity contribution in [2.45, 2.75) is 82.8 Å². The first-order chi connectivity index (χ1) is 15.0. The van der Waals surface area contributed by atoms with E-state index in [1.54, 1.807) is 19.6 Å². The van der Waals surface area contributed by atoms with Crippen LogP contribution in [0.4, 0.5) is 5.82 Å². The number of nitrogens with one attached hydrogen (secondary N) is 1. The van der Waals surface area contributed by atoms with E-state index in [9.17, 15) is 0 Å². The molecule has 3 fully saturated rings. The van der Waals surface area contributed by atoms with Crippen molar-refractivity contribution in [3.8, 4) is 0 Å². The van der Waals surface area contributed by atoms with Crippen molar-refractivity contribution in [3.05, 3.63) is 24.4 Å². The standard InChI is InChI=1S/C20H25N7O4/c1-10-24-18(31-26-10)14-13-15(30-20(2,3)29-13)19(28-14)27-9-23-12-16(21-8-22-17(12)27)25-11-6-4-5-7-11/h8-9,11,13-15,19H,4-7H2,1-3H3,(H,21,22,25)/t13-,14-,15-,19+/m0/s1. The van der Waals surface area contributed by atoms with Crippen LogP contribution in [0.25, 0.3) is 11.2 Å². The number of anilines is 1. The summed E-state index contributed by atoms with van der Waals surface area (Å²) in [6.07, 6.45) is 6.21. The smallest absolute Gasteiger partial charge is 0.258 e. The molecule has 0 unspecified atom stereocenters. The number of hydrogen-bond acceptors (Lipinski definition) is 10. The minimum Gasteiger partial charge on any atom is -0.365 e. The lowest BCUT2D eigenvalue weighted by Gasteiger charge is -2.23. The molecule has 3 aliphatic rings. The Balaban J connectivity index is 1.36. The second-order valence-corrected chi connectivity index (χ2v) is 8.86. The Labute approximate surface area is 178 Å². The van der Waals surface area contributed by atoms with Crippen LogP contribution in [-0.2, 0) is 14.2 Å². The molecular formula is C20H25N7O4. The van der Waals surface area contributed by atoms with Crippen molar-refractivity contribution in [2.75, 3.05) is 5.32 Å². The first-order valence-corrected chi connectivity index (χ1v) is 10.7. The average molecular weight is 427 g/mol. The van der Waals surface area contributed by atoms with Gasteiger partial charge in [-0.25, -0.2) is 15.0 Å². The number of ether oxygens (including phenoxy) is 3. The molecule has 6 rings (SSSR count). The molecule has 164 valence electrons. The Morgan fingerprint density at radius 1 is 1.10 bits per heavy atom. The van der Waals surface area contributed by atoms with Crippen LogP contribution >= 0.6 is 0 Å². The maximum Gasteiger partial charge on any atom is 0.258 e. The van der Waals surface area contributed by atoms with Crippen molar-refractivity contribution in [3.63, 3.8) is 0 Å². The number of aryl methyl sites for hydroxylation is 1. The van der Waals surface area contributed by atoms with E-state index in [1.807, 2.05) is 18.4 Å². The topological polar surface area (TPSA) is 122 Å². The Morgan fingerprint density at radius 2 is 1.90 bits per heavy atom. The maximum atomic E-state index is 6.34. The van der Waals surface area contributed by atoms with Gasteiger partial charge in [0, 0.05) is 6.04 Å². The van der Waals surface area contributed by atoms with Gasteiger partial charge >= 0.3 is 0 Å². The van der Waals surface area contributed by atoms with E-state index >= 15 is 0 Å². The second-order valence-electron chi connectivity index (χ2n) is 8.86. The lowest BCUT2D eigenvalue weighted by molar-refractivity contribution is -0.199. The van der Waals surface area contributed by atoms with Crippen LogP contribution in [0.15, 0.2) is 17.2 Å². The molecule has 0 amide bonds. The van der Waals surface area contributed by atoms with E-state index < -0.39 is 24.2 Å². The molecule has 31 heavy (non-hydrogen) atoms. The fourth-order valence-electron chi connectivity index (χ4n) is 4.84. The largest absolute Gasteiger partial charge is 0.365 e. The van der Waals surface area contributed by atoms with E-state index in [-0.39, 0.29) is 6.10 Å². The van der Waals surface area contributed by atoms with Crippen molar-refractivity contribution < 1.29 is 18.7 Å². The third-order valence-electron chi connectivity index (χ3n) is 6.14. The predicted octanol–water partition coefficient (Wildman–Crippen LogP) is 2.66. The van der Waals surface area contributed by atoms with Crippen molar-refractivity contribution in [1.82, 2.24) is 29.7 Å². The van der Waals surface area contributed by atoms with Gasteiger partial charge in [-0.15, -0.1) is 0 Å². The summed E-state index contributed by atoms with van der Waals surface area (Å²) in [6, 6.07) is 0.424. The quantitative estimate of drug-likeness (QED) is 0.665. The summed E-state index contributed by atoms with van der Waals surface area (Å²) in [6.45, 7) is 5.54. The van der Waals surface area contributed by atoms with E-state index in [0.717, 1.165) is 18.7 Å². The van der Waals surface area contributed by atoms with Crippen LogP contribution in [0.1, 0.15) is 63.6 Å². The van der Waals surface area contributed by atoms with Crippen LogP contribution in [0.2, 0.25) is 0 Å². The molecule has 0 aromatic carbocycles. The number of rotatable bonds is 4. The number of aromatic nitrogens is 6. The van der Waals surface area contributed by atoms with E-state index in [1.165, 1.54) is 12.8 Å². The highest BCUT2D eigenvalue weighted by Crippen LogP contribution is 2.49. The lowest BCUT2D eigenvalue weighted by atomic mass is 10.1. The average Bonchev–Trinajstić information content (AvgIpc) is 3.51. The minimum absolute atomic E-state index is 0.374. The molecule has 1 saturated carbocycles. The zero-order chi connectivity index (χ0) is 21.2. The van der Waals surface area contributed by atoms with Crippen LogP contribution in [0.3, 0.4) is 0 Å². The minimum atomic E-state index is -0.759. The molecule has 1 aliphatic carbocycles. The molecule has 11 heteroatoms. The van der Waals surface area contributed by atoms with Crippen LogP contribution in [0.5, 0.6) is 0 Å². The third kappa shape index (κ3) is 3.19. The molecule has 3 aromatic heterocycles. The van der Waals surface area contributed by atoms with Gasteiger partial charge in [0.1, 0.15) is 18.5 Å². The number of nitrogens with zero attached hydrogens (tertiary/aromatic N) is 6. The number of imidazole rings is 1. The highest BCUT2D eigenvalue weighted by Gasteiger charge is 2.58. The van der Waals surface area contributed by atoms with Gasteiger partial charge in [0.2, 0.25) is 0 Å². The molecule has 4 atom stereocenters. The van der Waals surface area contributed by atoms with Gasteiger partial charge in [0.05, 0.1) is 6.33 Å². The fraction of sp³-hybridized carbons (Fsp3) is 0.650. The van der Waals surface area contributed by atoms with E-state index in [0.29, 0.717) is 28.9 Å². The maximum absolute atomic E-state index is 6.34. The predicted molar refractivity (Wildman–Crippen MR) is 107 cm³/mol. The second kappa shape index (κ2) is 6.94. The van der Waals surface area contributed by atoms with E-state index in [4.69, 9.17) is 18.7 Å². The zero-order valence-electron chi connectivity index (χ0n) is 17.7. The molecule has 2 aliphatic heterocycles. The highest BCUT2D eigenvalue weighted by molar-refractivity contribution is 5.82. The van der Waals surface area contributed by atoms with Gasteiger partial charge in [-0.1, -0.05) is 18.0 Å². The molecule has 1 N–H and O–H groups in total. The Kier molecular flexibility index (Phi) is 4.27. The lowest BCUT2D eigenvalue weighted by Crippen LogP contribution is -2.27. The summed E-state index contributed by atoms with van der Waals surface area (Å²) in [5, 5.41) is 7.43. The molecule has 3 aromatic rings. The summed E-state index contributed by atoms with van der Waals surface area (Å²) < 4.78 is 26.0. The highest BCUT2D eigenvalue weighted by atomic mass is 16.8. The summed E-state index contributed by atoms with van der Waals surface area (Å²) in [4.78, 5) is 17.9. The first-order valence-electron chi connectivity index (χ1n) is 10.7.